The van der Waals surface area contributed by atoms with Crippen LogP contribution in [-0.4, -0.2) is 40.6 Å². The van der Waals surface area contributed by atoms with Gasteiger partial charge in [-0.3, -0.25) is 4.79 Å². The Bertz CT molecular complexity index is 1100. The number of carbonyl (C=O) groups excluding carboxylic acids is 1. The van der Waals surface area contributed by atoms with Crippen LogP contribution in [0.1, 0.15) is 13.8 Å². The largest absolute Gasteiger partial charge is 0.497 e. The van der Waals surface area contributed by atoms with Crippen molar-refractivity contribution in [3.8, 4) is 22.9 Å². The van der Waals surface area contributed by atoms with Crippen molar-refractivity contribution in [2.75, 3.05) is 25.3 Å². The standard InChI is InChI=1S/C22H24Cl2N4O3S/c1-13(2)11-28-21(16-7-5-14(23)9-17(16)24)26-27-22(28)32-12-20(29)25-18-8-6-15(30-3)10-19(18)31-4/h5-10,13H,11-12H2,1-4H3,(H,25,29). The maximum absolute atomic E-state index is 12.6. The van der Waals surface area contributed by atoms with Gasteiger partial charge >= 0.3 is 0 Å². The van der Waals surface area contributed by atoms with E-state index in [2.05, 4.69) is 29.4 Å². The minimum absolute atomic E-state index is 0.153. The number of carbonyl (C=O) groups is 1. The highest BCUT2D eigenvalue weighted by atomic mass is 35.5. The fourth-order valence-electron chi connectivity index (χ4n) is 3.01. The summed E-state index contributed by atoms with van der Waals surface area (Å²) >= 11 is 13.7. The summed E-state index contributed by atoms with van der Waals surface area (Å²) in [6, 6.07) is 10.5. The Morgan fingerprint density at radius 2 is 1.91 bits per heavy atom. The Morgan fingerprint density at radius 3 is 2.56 bits per heavy atom. The molecule has 3 rings (SSSR count). The van der Waals surface area contributed by atoms with Gasteiger partial charge in [0.25, 0.3) is 0 Å². The number of ether oxygens (including phenoxy) is 2. The molecule has 1 heterocycles. The molecule has 2 aromatic carbocycles. The second kappa shape index (κ2) is 10.9. The van der Waals surface area contributed by atoms with Crippen LogP contribution < -0.4 is 14.8 Å². The molecule has 0 unspecified atom stereocenters. The number of benzene rings is 2. The number of hydrogen-bond acceptors (Lipinski definition) is 6. The van der Waals surface area contributed by atoms with E-state index in [1.54, 1.807) is 37.4 Å². The Balaban J connectivity index is 1.77. The van der Waals surface area contributed by atoms with Gasteiger partial charge in [-0.05, 0) is 36.2 Å². The van der Waals surface area contributed by atoms with Crippen LogP contribution in [0, 0.1) is 5.92 Å². The van der Waals surface area contributed by atoms with Crippen LogP contribution >= 0.6 is 35.0 Å². The first kappa shape index (κ1) is 24.2. The summed E-state index contributed by atoms with van der Waals surface area (Å²) in [5, 5.41) is 13.2. The highest BCUT2D eigenvalue weighted by molar-refractivity contribution is 7.99. The first-order valence-corrected chi connectivity index (χ1v) is 11.6. The van der Waals surface area contributed by atoms with Gasteiger partial charge in [0, 0.05) is 23.2 Å². The van der Waals surface area contributed by atoms with Crippen LogP contribution in [0.4, 0.5) is 5.69 Å². The summed E-state index contributed by atoms with van der Waals surface area (Å²) in [5.41, 5.74) is 1.31. The molecule has 0 radical (unpaired) electrons. The van der Waals surface area contributed by atoms with Crippen molar-refractivity contribution in [1.82, 2.24) is 14.8 Å². The number of anilines is 1. The molecule has 1 aromatic heterocycles. The summed E-state index contributed by atoms with van der Waals surface area (Å²) in [7, 11) is 3.11. The Labute approximate surface area is 201 Å². The zero-order valence-corrected chi connectivity index (χ0v) is 20.5. The van der Waals surface area contributed by atoms with E-state index >= 15 is 0 Å². The van der Waals surface area contributed by atoms with E-state index in [0.29, 0.717) is 50.7 Å². The molecule has 0 saturated heterocycles. The molecular weight excluding hydrogens is 471 g/mol. The molecule has 0 atom stereocenters. The molecule has 0 aliphatic heterocycles. The molecule has 170 valence electrons. The Hall–Kier alpha value is -2.42. The van der Waals surface area contributed by atoms with Crippen LogP contribution in [0.3, 0.4) is 0 Å². The van der Waals surface area contributed by atoms with Gasteiger partial charge in [-0.15, -0.1) is 10.2 Å². The van der Waals surface area contributed by atoms with Gasteiger partial charge in [0.15, 0.2) is 11.0 Å². The first-order chi connectivity index (χ1) is 15.3. The summed E-state index contributed by atoms with van der Waals surface area (Å²) < 4.78 is 12.5. The van der Waals surface area contributed by atoms with Gasteiger partial charge in [0.05, 0.1) is 30.7 Å². The molecule has 0 fully saturated rings. The molecule has 0 aliphatic rings. The van der Waals surface area contributed by atoms with Crippen molar-refractivity contribution in [2.45, 2.75) is 25.5 Å². The smallest absolute Gasteiger partial charge is 0.234 e. The number of methoxy groups -OCH3 is 2. The maximum atomic E-state index is 12.6. The molecule has 7 nitrogen and oxygen atoms in total. The lowest BCUT2D eigenvalue weighted by Crippen LogP contribution is -2.16. The SMILES string of the molecule is COc1ccc(NC(=O)CSc2nnc(-c3ccc(Cl)cc3Cl)n2CC(C)C)c(OC)c1. The highest BCUT2D eigenvalue weighted by Crippen LogP contribution is 2.33. The summed E-state index contributed by atoms with van der Waals surface area (Å²) in [6.07, 6.45) is 0. The van der Waals surface area contributed by atoms with Crippen molar-refractivity contribution in [1.29, 1.82) is 0 Å². The van der Waals surface area contributed by atoms with Crippen LogP contribution in [0.25, 0.3) is 11.4 Å². The predicted molar refractivity (Wildman–Crippen MR) is 129 cm³/mol. The molecule has 32 heavy (non-hydrogen) atoms. The van der Waals surface area contributed by atoms with E-state index in [0.717, 1.165) is 5.56 Å². The molecule has 1 N–H and O–H groups in total. The molecule has 0 bridgehead atoms. The molecule has 0 aliphatic carbocycles. The van der Waals surface area contributed by atoms with Crippen LogP contribution in [0.15, 0.2) is 41.6 Å². The molecule has 3 aromatic rings. The maximum Gasteiger partial charge on any atom is 0.234 e. The lowest BCUT2D eigenvalue weighted by molar-refractivity contribution is -0.113. The number of aromatic nitrogens is 3. The number of nitrogens with zero attached hydrogens (tertiary/aromatic N) is 3. The first-order valence-electron chi connectivity index (χ1n) is 9.85. The molecule has 1 amide bonds. The zero-order chi connectivity index (χ0) is 23.3. The fraction of sp³-hybridized carbons (Fsp3) is 0.318. The second-order valence-corrected chi connectivity index (χ2v) is 9.12. The molecule has 0 saturated carbocycles. The minimum atomic E-state index is -0.191. The summed E-state index contributed by atoms with van der Waals surface area (Å²) in [5.74, 6) is 2.10. The van der Waals surface area contributed by atoms with Crippen LogP contribution in [0.2, 0.25) is 10.0 Å². The molecule has 10 heteroatoms. The van der Waals surface area contributed by atoms with Crippen molar-refractivity contribution in [3.63, 3.8) is 0 Å². The van der Waals surface area contributed by atoms with E-state index in [9.17, 15) is 4.79 Å². The van der Waals surface area contributed by atoms with Crippen molar-refractivity contribution < 1.29 is 14.3 Å². The van der Waals surface area contributed by atoms with Crippen LogP contribution in [0.5, 0.6) is 11.5 Å². The third-order valence-corrected chi connectivity index (χ3v) is 5.97. The topological polar surface area (TPSA) is 78.3 Å². The van der Waals surface area contributed by atoms with E-state index in [-0.39, 0.29) is 11.7 Å². The normalized spacial score (nSPS) is 11.0. The van der Waals surface area contributed by atoms with Gasteiger partial charge in [-0.1, -0.05) is 48.8 Å². The lowest BCUT2D eigenvalue weighted by Gasteiger charge is -2.14. The van der Waals surface area contributed by atoms with Crippen molar-refractivity contribution in [2.24, 2.45) is 5.92 Å². The van der Waals surface area contributed by atoms with Gasteiger partial charge in [-0.2, -0.15) is 0 Å². The van der Waals surface area contributed by atoms with E-state index < -0.39 is 0 Å². The third-order valence-electron chi connectivity index (χ3n) is 4.45. The van der Waals surface area contributed by atoms with Gasteiger partial charge in [0.1, 0.15) is 11.5 Å². The number of thioether (sulfide) groups is 1. The fourth-order valence-corrected chi connectivity index (χ4v) is 4.25. The van der Waals surface area contributed by atoms with Gasteiger partial charge in [0.2, 0.25) is 5.91 Å². The van der Waals surface area contributed by atoms with Crippen LogP contribution in [-0.2, 0) is 11.3 Å². The Morgan fingerprint density at radius 1 is 1.12 bits per heavy atom. The predicted octanol–water partition coefficient (Wildman–Crippen LogP) is 5.66. The zero-order valence-electron chi connectivity index (χ0n) is 18.2. The van der Waals surface area contributed by atoms with E-state index in [1.807, 2.05) is 10.6 Å². The number of hydrogen-bond donors (Lipinski definition) is 1. The average molecular weight is 495 g/mol. The van der Waals surface area contributed by atoms with E-state index in [4.69, 9.17) is 32.7 Å². The number of halogens is 2. The molecular formula is C22H24Cl2N4O3S. The summed E-state index contributed by atoms with van der Waals surface area (Å²) in [4.78, 5) is 12.6. The number of amides is 1. The lowest BCUT2D eigenvalue weighted by atomic mass is 10.2. The number of nitrogens with one attached hydrogen (secondary N) is 1. The van der Waals surface area contributed by atoms with Crippen molar-refractivity contribution >= 4 is 46.6 Å². The quantitative estimate of drug-likeness (QED) is 0.386. The summed E-state index contributed by atoms with van der Waals surface area (Å²) in [6.45, 7) is 4.88. The average Bonchev–Trinajstić information content (AvgIpc) is 3.14. The minimum Gasteiger partial charge on any atom is -0.497 e. The molecule has 0 spiro atoms. The number of rotatable bonds is 9. The monoisotopic (exact) mass is 494 g/mol. The highest BCUT2D eigenvalue weighted by Gasteiger charge is 2.19. The van der Waals surface area contributed by atoms with Crippen molar-refractivity contribution in [3.05, 3.63) is 46.4 Å². The van der Waals surface area contributed by atoms with E-state index in [1.165, 1.54) is 18.9 Å². The Kier molecular flexibility index (Phi) is 8.28. The second-order valence-electron chi connectivity index (χ2n) is 7.34. The van der Waals surface area contributed by atoms with Gasteiger partial charge in [-0.25, -0.2) is 0 Å². The third kappa shape index (κ3) is 5.88. The van der Waals surface area contributed by atoms with Gasteiger partial charge < -0.3 is 19.4 Å².